The van der Waals surface area contributed by atoms with Gasteiger partial charge in [-0.05, 0) is 25.1 Å². The van der Waals surface area contributed by atoms with Crippen molar-refractivity contribution in [2.24, 2.45) is 7.05 Å². The minimum absolute atomic E-state index is 0.0444. The molecule has 6 nitrogen and oxygen atoms in total. The SMILES string of the molecule is Cc1cccc(-c2nnc(SCC(=O)Nc3ccccc3OC(F)F)n2C)c1. The van der Waals surface area contributed by atoms with Crippen LogP contribution in [0.5, 0.6) is 5.75 Å². The van der Waals surface area contributed by atoms with Crippen molar-refractivity contribution in [3.8, 4) is 17.1 Å². The summed E-state index contributed by atoms with van der Waals surface area (Å²) in [6.07, 6.45) is 0. The number of para-hydroxylation sites is 2. The van der Waals surface area contributed by atoms with Gasteiger partial charge < -0.3 is 14.6 Å². The maximum absolute atomic E-state index is 12.5. The molecule has 3 aromatic rings. The van der Waals surface area contributed by atoms with Crippen LogP contribution in [0.3, 0.4) is 0 Å². The van der Waals surface area contributed by atoms with E-state index in [4.69, 9.17) is 0 Å². The molecule has 0 fully saturated rings. The maximum Gasteiger partial charge on any atom is 0.387 e. The van der Waals surface area contributed by atoms with E-state index in [1.165, 1.54) is 23.9 Å². The van der Waals surface area contributed by atoms with Crippen LogP contribution in [0.25, 0.3) is 11.4 Å². The van der Waals surface area contributed by atoms with Gasteiger partial charge in [0, 0.05) is 12.6 Å². The topological polar surface area (TPSA) is 69.0 Å². The molecule has 1 amide bonds. The van der Waals surface area contributed by atoms with Crippen LogP contribution in [0.4, 0.5) is 14.5 Å². The number of hydrogen-bond acceptors (Lipinski definition) is 5. The van der Waals surface area contributed by atoms with E-state index in [1.54, 1.807) is 16.7 Å². The predicted molar refractivity (Wildman–Crippen MR) is 104 cm³/mol. The molecule has 9 heteroatoms. The Bertz CT molecular complexity index is 978. The van der Waals surface area contributed by atoms with Crippen molar-refractivity contribution in [3.05, 3.63) is 54.1 Å². The zero-order valence-corrected chi connectivity index (χ0v) is 16.0. The number of benzene rings is 2. The van der Waals surface area contributed by atoms with Crippen LogP contribution in [-0.4, -0.2) is 33.0 Å². The van der Waals surface area contributed by atoms with Gasteiger partial charge in [-0.1, -0.05) is 47.7 Å². The summed E-state index contributed by atoms with van der Waals surface area (Å²) < 4.78 is 31.1. The molecule has 1 heterocycles. The molecule has 0 saturated heterocycles. The van der Waals surface area contributed by atoms with Crippen LogP contribution in [0.2, 0.25) is 0 Å². The molecule has 0 unspecified atom stereocenters. The van der Waals surface area contributed by atoms with Crippen LogP contribution in [0.1, 0.15) is 5.56 Å². The Hall–Kier alpha value is -2.94. The standard InChI is InChI=1S/C19H18F2N4O2S/c1-12-6-5-7-13(10-12)17-23-24-19(25(17)2)28-11-16(26)22-14-8-3-4-9-15(14)27-18(20)21/h3-10,18H,11H2,1-2H3,(H,22,26). The third-order valence-corrected chi connectivity index (χ3v) is 4.84. The lowest BCUT2D eigenvalue weighted by molar-refractivity contribution is -0.113. The summed E-state index contributed by atoms with van der Waals surface area (Å²) in [6, 6.07) is 13.9. The van der Waals surface area contributed by atoms with Crippen molar-refractivity contribution in [2.45, 2.75) is 18.7 Å². The minimum atomic E-state index is -2.97. The van der Waals surface area contributed by atoms with Crippen LogP contribution < -0.4 is 10.1 Å². The average molecular weight is 404 g/mol. The van der Waals surface area contributed by atoms with Gasteiger partial charge in [-0.15, -0.1) is 10.2 Å². The zero-order chi connectivity index (χ0) is 20.1. The first kappa shape index (κ1) is 19.8. The molecule has 28 heavy (non-hydrogen) atoms. The summed E-state index contributed by atoms with van der Waals surface area (Å²) in [4.78, 5) is 12.2. The fourth-order valence-electron chi connectivity index (χ4n) is 2.56. The number of halogens is 2. The summed E-state index contributed by atoms with van der Waals surface area (Å²) in [5, 5.41) is 11.5. The molecule has 0 spiro atoms. The number of carbonyl (C=O) groups is 1. The molecule has 0 bridgehead atoms. The Kier molecular flexibility index (Phi) is 6.25. The van der Waals surface area contributed by atoms with Gasteiger partial charge in [-0.25, -0.2) is 0 Å². The largest absolute Gasteiger partial charge is 0.433 e. The van der Waals surface area contributed by atoms with Crippen molar-refractivity contribution < 1.29 is 18.3 Å². The van der Waals surface area contributed by atoms with E-state index in [2.05, 4.69) is 20.3 Å². The third-order valence-electron chi connectivity index (χ3n) is 3.82. The van der Waals surface area contributed by atoms with Gasteiger partial charge in [0.05, 0.1) is 11.4 Å². The van der Waals surface area contributed by atoms with Gasteiger partial charge in [0.25, 0.3) is 0 Å². The smallest absolute Gasteiger partial charge is 0.387 e. The minimum Gasteiger partial charge on any atom is -0.433 e. The van der Waals surface area contributed by atoms with Gasteiger partial charge in [0.15, 0.2) is 11.0 Å². The van der Waals surface area contributed by atoms with Crippen molar-refractivity contribution in [2.75, 3.05) is 11.1 Å². The lowest BCUT2D eigenvalue weighted by atomic mass is 10.1. The fourth-order valence-corrected chi connectivity index (χ4v) is 3.27. The summed E-state index contributed by atoms with van der Waals surface area (Å²) in [5.41, 5.74) is 2.23. The number of nitrogens with one attached hydrogen (secondary N) is 1. The van der Waals surface area contributed by atoms with E-state index in [0.29, 0.717) is 11.0 Å². The Morgan fingerprint density at radius 3 is 2.75 bits per heavy atom. The lowest BCUT2D eigenvalue weighted by Crippen LogP contribution is -2.16. The second-order valence-electron chi connectivity index (χ2n) is 5.95. The number of aromatic nitrogens is 3. The number of alkyl halides is 2. The van der Waals surface area contributed by atoms with E-state index >= 15 is 0 Å². The lowest BCUT2D eigenvalue weighted by Gasteiger charge is -2.11. The number of nitrogens with zero attached hydrogens (tertiary/aromatic N) is 3. The van der Waals surface area contributed by atoms with Crippen molar-refractivity contribution in [1.29, 1.82) is 0 Å². The number of carbonyl (C=O) groups excluding carboxylic acids is 1. The third kappa shape index (κ3) is 4.86. The van der Waals surface area contributed by atoms with Gasteiger partial charge in [-0.2, -0.15) is 8.78 Å². The quantitative estimate of drug-likeness (QED) is 0.600. The molecular formula is C19H18F2N4O2S. The molecule has 0 radical (unpaired) electrons. The Balaban J connectivity index is 1.65. The van der Waals surface area contributed by atoms with Gasteiger partial charge in [0.2, 0.25) is 5.91 Å². The first-order valence-corrected chi connectivity index (χ1v) is 9.35. The number of hydrogen-bond donors (Lipinski definition) is 1. The van der Waals surface area contributed by atoms with Gasteiger partial charge in [-0.3, -0.25) is 4.79 Å². The zero-order valence-electron chi connectivity index (χ0n) is 15.2. The van der Waals surface area contributed by atoms with E-state index in [-0.39, 0.29) is 23.1 Å². The van der Waals surface area contributed by atoms with Crippen LogP contribution in [0, 0.1) is 6.92 Å². The first-order valence-electron chi connectivity index (χ1n) is 8.37. The molecule has 1 N–H and O–H groups in total. The summed E-state index contributed by atoms with van der Waals surface area (Å²) in [7, 11) is 1.82. The molecule has 0 aliphatic carbocycles. The van der Waals surface area contributed by atoms with E-state index in [1.807, 2.05) is 38.2 Å². The number of anilines is 1. The molecule has 0 aliphatic heterocycles. The molecule has 3 rings (SSSR count). The second kappa shape index (κ2) is 8.83. The molecule has 2 aromatic carbocycles. The summed E-state index contributed by atoms with van der Waals surface area (Å²) >= 11 is 1.20. The predicted octanol–water partition coefficient (Wildman–Crippen LogP) is 4.12. The molecule has 1 aromatic heterocycles. The van der Waals surface area contributed by atoms with Crippen molar-refractivity contribution in [3.63, 3.8) is 0 Å². The number of ether oxygens (including phenoxy) is 1. The highest BCUT2D eigenvalue weighted by Crippen LogP contribution is 2.27. The maximum atomic E-state index is 12.5. The highest BCUT2D eigenvalue weighted by atomic mass is 32.2. The fraction of sp³-hybridized carbons (Fsp3) is 0.211. The molecule has 0 atom stereocenters. The molecule has 0 aliphatic rings. The Morgan fingerprint density at radius 2 is 2.00 bits per heavy atom. The van der Waals surface area contributed by atoms with Crippen LogP contribution in [0.15, 0.2) is 53.7 Å². The molecule has 0 saturated carbocycles. The van der Waals surface area contributed by atoms with Crippen LogP contribution >= 0.6 is 11.8 Å². The molecule has 146 valence electrons. The Morgan fingerprint density at radius 1 is 1.21 bits per heavy atom. The van der Waals surface area contributed by atoms with E-state index < -0.39 is 6.61 Å². The van der Waals surface area contributed by atoms with Gasteiger partial charge in [0.1, 0.15) is 5.75 Å². The summed E-state index contributed by atoms with van der Waals surface area (Å²) in [5.74, 6) is 0.289. The van der Waals surface area contributed by atoms with Crippen molar-refractivity contribution in [1.82, 2.24) is 14.8 Å². The highest BCUT2D eigenvalue weighted by molar-refractivity contribution is 7.99. The van der Waals surface area contributed by atoms with Crippen molar-refractivity contribution >= 4 is 23.4 Å². The van der Waals surface area contributed by atoms with E-state index in [9.17, 15) is 13.6 Å². The van der Waals surface area contributed by atoms with Crippen LogP contribution in [-0.2, 0) is 11.8 Å². The number of rotatable bonds is 7. The molecular weight excluding hydrogens is 386 g/mol. The first-order chi connectivity index (χ1) is 13.4. The Labute approximate surface area is 164 Å². The monoisotopic (exact) mass is 404 g/mol. The van der Waals surface area contributed by atoms with E-state index in [0.717, 1.165) is 11.1 Å². The number of amides is 1. The number of thioether (sulfide) groups is 1. The second-order valence-corrected chi connectivity index (χ2v) is 6.89. The normalized spacial score (nSPS) is 10.9. The average Bonchev–Trinajstić information content (AvgIpc) is 3.02. The van der Waals surface area contributed by atoms with Gasteiger partial charge >= 0.3 is 6.61 Å². The summed E-state index contributed by atoms with van der Waals surface area (Å²) in [6.45, 7) is -0.971. The highest BCUT2D eigenvalue weighted by Gasteiger charge is 2.15. The number of aryl methyl sites for hydroxylation is 1.